The molecule has 0 aliphatic rings. The van der Waals surface area contributed by atoms with E-state index < -0.39 is 0 Å². The maximum Gasteiger partial charge on any atom is 0.264 e. The number of thiazole rings is 1. The van der Waals surface area contributed by atoms with Gasteiger partial charge in [0.05, 0.1) is 6.61 Å². The monoisotopic (exact) mass is 402 g/mol. The number of ether oxygens (including phenoxy) is 2. The van der Waals surface area contributed by atoms with Crippen LogP contribution in [0.5, 0.6) is 11.5 Å². The van der Waals surface area contributed by atoms with Gasteiger partial charge in [0, 0.05) is 22.5 Å². The SMILES string of the molecule is CCOc1ccccc1OCC(=O)Nc1ncc(Cc2ccccc2Cl)s1. The Hall–Kier alpha value is -2.57. The first-order valence-corrected chi connectivity index (χ1v) is 9.67. The van der Waals surface area contributed by atoms with Crippen LogP contribution in [0.1, 0.15) is 17.4 Å². The van der Waals surface area contributed by atoms with Crippen LogP contribution in [-0.2, 0) is 11.2 Å². The number of halogens is 1. The van der Waals surface area contributed by atoms with Crippen molar-refractivity contribution in [2.75, 3.05) is 18.5 Å². The molecule has 1 amide bonds. The van der Waals surface area contributed by atoms with Gasteiger partial charge in [0.2, 0.25) is 0 Å². The van der Waals surface area contributed by atoms with Crippen molar-refractivity contribution in [3.63, 3.8) is 0 Å². The number of aromatic nitrogens is 1. The summed E-state index contributed by atoms with van der Waals surface area (Å²) in [6.45, 7) is 2.30. The molecule has 0 saturated carbocycles. The molecule has 3 rings (SSSR count). The summed E-state index contributed by atoms with van der Waals surface area (Å²) >= 11 is 7.60. The normalized spacial score (nSPS) is 10.4. The Morgan fingerprint density at radius 3 is 2.56 bits per heavy atom. The lowest BCUT2D eigenvalue weighted by Gasteiger charge is -2.10. The third-order valence-electron chi connectivity index (χ3n) is 3.63. The number of hydrogen-bond donors (Lipinski definition) is 1. The number of benzene rings is 2. The molecule has 140 valence electrons. The Kier molecular flexibility index (Phi) is 6.68. The van der Waals surface area contributed by atoms with Crippen molar-refractivity contribution in [2.24, 2.45) is 0 Å². The molecule has 2 aromatic carbocycles. The second-order valence-electron chi connectivity index (χ2n) is 5.62. The summed E-state index contributed by atoms with van der Waals surface area (Å²) in [6.07, 6.45) is 2.42. The smallest absolute Gasteiger partial charge is 0.264 e. The molecule has 3 aromatic rings. The number of hydrogen-bond acceptors (Lipinski definition) is 5. The predicted molar refractivity (Wildman–Crippen MR) is 108 cm³/mol. The fourth-order valence-corrected chi connectivity index (χ4v) is 3.47. The number of rotatable bonds is 8. The summed E-state index contributed by atoms with van der Waals surface area (Å²) < 4.78 is 11.0. The Balaban J connectivity index is 1.55. The standard InChI is InChI=1S/C20H19ClN2O3S/c1-2-25-17-9-5-6-10-18(17)26-13-19(24)23-20-22-12-15(27-20)11-14-7-3-4-8-16(14)21/h3-10,12H,2,11,13H2,1H3,(H,22,23,24). The zero-order valence-corrected chi connectivity index (χ0v) is 16.3. The van der Waals surface area contributed by atoms with Gasteiger partial charge < -0.3 is 9.47 Å². The lowest BCUT2D eigenvalue weighted by Crippen LogP contribution is -2.20. The van der Waals surface area contributed by atoms with Crippen LogP contribution in [0.2, 0.25) is 5.02 Å². The van der Waals surface area contributed by atoms with Gasteiger partial charge in [-0.1, -0.05) is 41.9 Å². The van der Waals surface area contributed by atoms with E-state index in [9.17, 15) is 4.79 Å². The Labute approximate surface area is 166 Å². The van der Waals surface area contributed by atoms with Gasteiger partial charge in [0.15, 0.2) is 23.2 Å². The summed E-state index contributed by atoms with van der Waals surface area (Å²) in [7, 11) is 0. The van der Waals surface area contributed by atoms with E-state index in [1.807, 2.05) is 43.3 Å². The highest BCUT2D eigenvalue weighted by Crippen LogP contribution is 2.27. The number of anilines is 1. The second kappa shape index (κ2) is 9.39. The fourth-order valence-electron chi connectivity index (χ4n) is 2.42. The molecule has 1 heterocycles. The van der Waals surface area contributed by atoms with Crippen LogP contribution in [0.3, 0.4) is 0 Å². The average Bonchev–Trinajstić information content (AvgIpc) is 3.10. The number of carbonyl (C=O) groups excluding carboxylic acids is 1. The molecule has 7 heteroatoms. The van der Waals surface area contributed by atoms with Gasteiger partial charge in [-0.25, -0.2) is 4.98 Å². The number of carbonyl (C=O) groups is 1. The third kappa shape index (κ3) is 5.45. The molecule has 0 saturated heterocycles. The molecule has 0 fully saturated rings. The van der Waals surface area contributed by atoms with Crippen molar-refractivity contribution in [2.45, 2.75) is 13.3 Å². The maximum atomic E-state index is 12.1. The lowest BCUT2D eigenvalue weighted by molar-refractivity contribution is -0.118. The Morgan fingerprint density at radius 1 is 1.11 bits per heavy atom. The predicted octanol–water partition coefficient (Wildman–Crippen LogP) is 4.80. The van der Waals surface area contributed by atoms with Crippen LogP contribution in [0, 0.1) is 0 Å². The number of nitrogens with one attached hydrogen (secondary N) is 1. The van der Waals surface area contributed by atoms with Gasteiger partial charge >= 0.3 is 0 Å². The zero-order valence-electron chi connectivity index (χ0n) is 14.8. The molecule has 0 bridgehead atoms. The molecule has 0 aliphatic heterocycles. The Morgan fingerprint density at radius 2 is 1.81 bits per heavy atom. The van der Waals surface area contributed by atoms with Gasteiger partial charge in [-0.2, -0.15) is 0 Å². The second-order valence-corrected chi connectivity index (χ2v) is 7.14. The highest BCUT2D eigenvalue weighted by molar-refractivity contribution is 7.15. The topological polar surface area (TPSA) is 60.5 Å². The van der Waals surface area contributed by atoms with E-state index in [-0.39, 0.29) is 12.5 Å². The van der Waals surface area contributed by atoms with Crippen molar-refractivity contribution in [3.05, 3.63) is 70.2 Å². The van der Waals surface area contributed by atoms with E-state index in [4.69, 9.17) is 21.1 Å². The van der Waals surface area contributed by atoms with E-state index in [0.29, 0.717) is 29.7 Å². The minimum atomic E-state index is -0.278. The van der Waals surface area contributed by atoms with Crippen molar-refractivity contribution in [3.8, 4) is 11.5 Å². The summed E-state index contributed by atoms with van der Waals surface area (Å²) in [6, 6.07) is 14.9. The highest BCUT2D eigenvalue weighted by atomic mass is 35.5. The van der Waals surface area contributed by atoms with E-state index in [1.165, 1.54) is 11.3 Å². The Bertz CT molecular complexity index is 914. The van der Waals surface area contributed by atoms with Crippen molar-refractivity contribution in [1.82, 2.24) is 4.98 Å². The molecular weight excluding hydrogens is 384 g/mol. The summed E-state index contributed by atoms with van der Waals surface area (Å²) in [4.78, 5) is 17.4. The molecule has 0 unspecified atom stereocenters. The highest BCUT2D eigenvalue weighted by Gasteiger charge is 2.11. The van der Waals surface area contributed by atoms with Crippen LogP contribution in [-0.4, -0.2) is 24.1 Å². The van der Waals surface area contributed by atoms with Gasteiger partial charge in [-0.3, -0.25) is 10.1 Å². The van der Waals surface area contributed by atoms with E-state index in [2.05, 4.69) is 10.3 Å². The van der Waals surface area contributed by atoms with Crippen LogP contribution in [0.15, 0.2) is 54.7 Å². The van der Waals surface area contributed by atoms with Gasteiger partial charge in [0.25, 0.3) is 5.91 Å². The van der Waals surface area contributed by atoms with Crippen LogP contribution >= 0.6 is 22.9 Å². The molecule has 0 spiro atoms. The first-order chi connectivity index (χ1) is 13.2. The largest absolute Gasteiger partial charge is 0.490 e. The van der Waals surface area contributed by atoms with Crippen LogP contribution in [0.4, 0.5) is 5.13 Å². The van der Waals surface area contributed by atoms with Crippen LogP contribution in [0.25, 0.3) is 0 Å². The molecule has 27 heavy (non-hydrogen) atoms. The van der Waals surface area contributed by atoms with E-state index in [0.717, 1.165) is 15.5 Å². The summed E-state index contributed by atoms with van der Waals surface area (Å²) in [5, 5.41) is 4.01. The quantitative estimate of drug-likeness (QED) is 0.587. The molecule has 0 aliphatic carbocycles. The lowest BCUT2D eigenvalue weighted by atomic mass is 10.1. The average molecular weight is 403 g/mol. The molecule has 0 atom stereocenters. The molecule has 1 aromatic heterocycles. The van der Waals surface area contributed by atoms with Gasteiger partial charge in [0.1, 0.15) is 0 Å². The number of para-hydroxylation sites is 2. The first kappa shape index (κ1) is 19.2. The molecule has 5 nitrogen and oxygen atoms in total. The zero-order chi connectivity index (χ0) is 19.1. The summed E-state index contributed by atoms with van der Waals surface area (Å²) in [5.41, 5.74) is 1.02. The first-order valence-electron chi connectivity index (χ1n) is 8.48. The minimum Gasteiger partial charge on any atom is -0.490 e. The fraction of sp³-hybridized carbons (Fsp3) is 0.200. The molecule has 0 radical (unpaired) electrons. The van der Waals surface area contributed by atoms with Crippen molar-refractivity contribution >= 4 is 34.0 Å². The van der Waals surface area contributed by atoms with Crippen molar-refractivity contribution in [1.29, 1.82) is 0 Å². The third-order valence-corrected chi connectivity index (χ3v) is 4.91. The minimum absolute atomic E-state index is 0.122. The summed E-state index contributed by atoms with van der Waals surface area (Å²) in [5.74, 6) is 0.872. The number of amides is 1. The van der Waals surface area contributed by atoms with Crippen molar-refractivity contribution < 1.29 is 14.3 Å². The molecule has 1 N–H and O–H groups in total. The van der Waals surface area contributed by atoms with Crippen LogP contribution < -0.4 is 14.8 Å². The number of nitrogens with zero attached hydrogens (tertiary/aromatic N) is 1. The maximum absolute atomic E-state index is 12.1. The molecular formula is C20H19ClN2O3S. The van der Waals surface area contributed by atoms with Gasteiger partial charge in [-0.05, 0) is 30.7 Å². The van der Waals surface area contributed by atoms with E-state index >= 15 is 0 Å². The van der Waals surface area contributed by atoms with Gasteiger partial charge in [-0.15, -0.1) is 11.3 Å². The van der Waals surface area contributed by atoms with E-state index in [1.54, 1.807) is 18.3 Å².